The summed E-state index contributed by atoms with van der Waals surface area (Å²) in [4.78, 5) is 0. The summed E-state index contributed by atoms with van der Waals surface area (Å²) in [6.07, 6.45) is 0. The van der Waals surface area contributed by atoms with Crippen LogP contribution >= 0.6 is 47.0 Å². The Morgan fingerprint density at radius 1 is 0.870 bits per heavy atom. The smallest absolute Gasteiger partial charge is 0.175 e. The van der Waals surface area contributed by atoms with Crippen molar-refractivity contribution in [2.45, 2.75) is 0 Å². The van der Waals surface area contributed by atoms with Crippen LogP contribution < -0.4 is 20.1 Å². The Labute approximate surface area is 154 Å². The van der Waals surface area contributed by atoms with Crippen molar-refractivity contribution < 1.29 is 9.47 Å². The maximum atomic E-state index is 6.11. The van der Waals surface area contributed by atoms with E-state index in [1.807, 2.05) is 6.07 Å². The lowest BCUT2D eigenvalue weighted by Gasteiger charge is -2.14. The van der Waals surface area contributed by atoms with E-state index >= 15 is 0 Å². The number of ether oxygens (including phenoxy) is 2. The molecule has 2 aromatic rings. The fourth-order valence-electron chi connectivity index (χ4n) is 1.82. The second-order valence-electron chi connectivity index (χ2n) is 4.40. The SMILES string of the molecule is COc1ccc(NC(=S)Nc2cc(Cl)c(Cl)cc2Cl)cc1OC. The van der Waals surface area contributed by atoms with E-state index < -0.39 is 0 Å². The molecule has 0 heterocycles. The average Bonchev–Trinajstić information content (AvgIpc) is 2.52. The summed E-state index contributed by atoms with van der Waals surface area (Å²) in [6.45, 7) is 0. The second-order valence-corrected chi connectivity index (χ2v) is 6.02. The number of halogens is 3. The first kappa shape index (κ1) is 17.9. The first-order valence-corrected chi connectivity index (χ1v) is 7.93. The molecule has 0 saturated heterocycles. The maximum absolute atomic E-state index is 6.11. The highest BCUT2D eigenvalue weighted by atomic mass is 35.5. The predicted molar refractivity (Wildman–Crippen MR) is 101 cm³/mol. The molecule has 0 bridgehead atoms. The van der Waals surface area contributed by atoms with Gasteiger partial charge in [-0.25, -0.2) is 0 Å². The van der Waals surface area contributed by atoms with Crippen LogP contribution in [0, 0.1) is 0 Å². The summed E-state index contributed by atoms with van der Waals surface area (Å²) in [5.41, 5.74) is 1.29. The van der Waals surface area contributed by atoms with Crippen LogP contribution in [0.2, 0.25) is 15.1 Å². The van der Waals surface area contributed by atoms with E-state index in [1.165, 1.54) is 0 Å². The molecule has 0 unspecified atom stereocenters. The van der Waals surface area contributed by atoms with Crippen molar-refractivity contribution in [3.63, 3.8) is 0 Å². The van der Waals surface area contributed by atoms with Crippen LogP contribution in [0.3, 0.4) is 0 Å². The van der Waals surface area contributed by atoms with Crippen molar-refractivity contribution in [2.75, 3.05) is 24.9 Å². The molecule has 2 aromatic carbocycles. The van der Waals surface area contributed by atoms with Crippen molar-refractivity contribution in [2.24, 2.45) is 0 Å². The number of nitrogens with one attached hydrogen (secondary N) is 2. The maximum Gasteiger partial charge on any atom is 0.175 e. The molecular weight excluding hydrogens is 379 g/mol. The molecule has 8 heteroatoms. The Bertz CT molecular complexity index is 741. The number of benzene rings is 2. The first-order valence-electron chi connectivity index (χ1n) is 6.39. The summed E-state index contributed by atoms with van der Waals surface area (Å²) in [5.74, 6) is 1.22. The van der Waals surface area contributed by atoms with Crippen LogP contribution in [0.5, 0.6) is 11.5 Å². The van der Waals surface area contributed by atoms with Crippen LogP contribution in [0.25, 0.3) is 0 Å². The minimum Gasteiger partial charge on any atom is -0.493 e. The number of rotatable bonds is 4. The molecule has 0 saturated carbocycles. The zero-order valence-corrected chi connectivity index (χ0v) is 15.3. The summed E-state index contributed by atoms with van der Waals surface area (Å²) in [5, 5.41) is 7.51. The van der Waals surface area contributed by atoms with Crippen molar-refractivity contribution in [3.05, 3.63) is 45.4 Å². The van der Waals surface area contributed by atoms with Gasteiger partial charge in [0.15, 0.2) is 16.6 Å². The third-order valence-corrected chi connectivity index (χ3v) is 4.14. The third-order valence-electron chi connectivity index (χ3n) is 2.90. The van der Waals surface area contributed by atoms with Crippen LogP contribution in [-0.4, -0.2) is 19.3 Å². The molecule has 0 atom stereocenters. The van der Waals surface area contributed by atoms with E-state index in [4.69, 9.17) is 56.5 Å². The van der Waals surface area contributed by atoms with E-state index in [1.54, 1.807) is 38.5 Å². The lowest BCUT2D eigenvalue weighted by atomic mass is 10.2. The van der Waals surface area contributed by atoms with Crippen LogP contribution in [0.1, 0.15) is 0 Å². The molecule has 0 amide bonds. The summed E-state index contributed by atoms with van der Waals surface area (Å²) in [7, 11) is 3.14. The van der Waals surface area contributed by atoms with Gasteiger partial charge in [-0.3, -0.25) is 0 Å². The van der Waals surface area contributed by atoms with Gasteiger partial charge in [0.1, 0.15) is 0 Å². The molecule has 0 aliphatic rings. The Morgan fingerprint density at radius 3 is 2.17 bits per heavy atom. The summed E-state index contributed by atoms with van der Waals surface area (Å²) < 4.78 is 10.4. The van der Waals surface area contributed by atoms with Gasteiger partial charge in [-0.05, 0) is 36.5 Å². The van der Waals surface area contributed by atoms with Crippen molar-refractivity contribution in [1.82, 2.24) is 0 Å². The van der Waals surface area contributed by atoms with Crippen LogP contribution in [0.15, 0.2) is 30.3 Å². The second kappa shape index (κ2) is 7.93. The van der Waals surface area contributed by atoms with E-state index in [9.17, 15) is 0 Å². The average molecular weight is 392 g/mol. The monoisotopic (exact) mass is 390 g/mol. The number of thiocarbonyl (C=S) groups is 1. The van der Waals surface area contributed by atoms with Gasteiger partial charge in [0.05, 0.1) is 35.0 Å². The van der Waals surface area contributed by atoms with E-state index in [0.29, 0.717) is 37.4 Å². The molecule has 0 fully saturated rings. The third kappa shape index (κ3) is 4.54. The topological polar surface area (TPSA) is 42.5 Å². The highest BCUT2D eigenvalue weighted by molar-refractivity contribution is 7.80. The van der Waals surface area contributed by atoms with E-state index in [-0.39, 0.29) is 0 Å². The van der Waals surface area contributed by atoms with E-state index in [2.05, 4.69) is 10.6 Å². The number of anilines is 2. The zero-order valence-electron chi connectivity index (χ0n) is 12.2. The summed E-state index contributed by atoms with van der Waals surface area (Å²) >= 11 is 23.2. The number of hydrogen-bond donors (Lipinski definition) is 2. The fourth-order valence-corrected chi connectivity index (χ4v) is 2.64. The van der Waals surface area contributed by atoms with Crippen LogP contribution in [-0.2, 0) is 0 Å². The highest BCUT2D eigenvalue weighted by Gasteiger charge is 2.09. The standard InChI is InChI=1S/C15H13Cl3N2O2S/c1-21-13-4-3-8(5-14(13)22-2)19-15(23)20-12-7-10(17)9(16)6-11(12)18/h3-7H,1-2H3,(H2,19,20,23). The highest BCUT2D eigenvalue weighted by Crippen LogP contribution is 2.33. The van der Waals surface area contributed by atoms with Gasteiger partial charge in [-0.2, -0.15) is 0 Å². The molecular formula is C15H13Cl3N2O2S. The molecule has 0 aliphatic carbocycles. The Hall–Kier alpha value is -1.40. The lowest BCUT2D eigenvalue weighted by molar-refractivity contribution is 0.355. The lowest BCUT2D eigenvalue weighted by Crippen LogP contribution is -2.19. The van der Waals surface area contributed by atoms with Gasteiger partial charge in [0, 0.05) is 11.8 Å². The van der Waals surface area contributed by atoms with Crippen molar-refractivity contribution in [3.8, 4) is 11.5 Å². The van der Waals surface area contributed by atoms with Crippen molar-refractivity contribution in [1.29, 1.82) is 0 Å². The Kier molecular flexibility index (Phi) is 6.18. The molecule has 122 valence electrons. The molecule has 0 radical (unpaired) electrons. The molecule has 23 heavy (non-hydrogen) atoms. The van der Waals surface area contributed by atoms with E-state index in [0.717, 1.165) is 5.69 Å². The predicted octanol–water partition coefficient (Wildman–Crippen LogP) is 5.47. The van der Waals surface area contributed by atoms with Gasteiger partial charge >= 0.3 is 0 Å². The normalized spacial score (nSPS) is 10.1. The minimum absolute atomic E-state index is 0.345. The number of methoxy groups -OCH3 is 2. The van der Waals surface area contributed by atoms with Gasteiger partial charge in [-0.15, -0.1) is 0 Å². The molecule has 0 aliphatic heterocycles. The molecule has 0 spiro atoms. The molecule has 0 aromatic heterocycles. The molecule has 2 rings (SSSR count). The Morgan fingerprint density at radius 2 is 1.52 bits per heavy atom. The molecule has 4 nitrogen and oxygen atoms in total. The fraction of sp³-hybridized carbons (Fsp3) is 0.133. The first-order chi connectivity index (χ1) is 10.9. The molecule has 2 N–H and O–H groups in total. The minimum atomic E-state index is 0.345. The zero-order chi connectivity index (χ0) is 17.0. The largest absolute Gasteiger partial charge is 0.493 e. The van der Waals surface area contributed by atoms with Crippen molar-refractivity contribution >= 4 is 63.5 Å². The Balaban J connectivity index is 2.12. The van der Waals surface area contributed by atoms with Crippen LogP contribution in [0.4, 0.5) is 11.4 Å². The summed E-state index contributed by atoms with van der Waals surface area (Å²) in [6, 6.07) is 8.51. The van der Waals surface area contributed by atoms with Gasteiger partial charge in [0.25, 0.3) is 0 Å². The quantitative estimate of drug-likeness (QED) is 0.534. The van der Waals surface area contributed by atoms with Gasteiger partial charge in [-0.1, -0.05) is 34.8 Å². The van der Waals surface area contributed by atoms with Gasteiger partial charge in [0.2, 0.25) is 0 Å². The number of hydrogen-bond acceptors (Lipinski definition) is 3. The van der Waals surface area contributed by atoms with Gasteiger partial charge < -0.3 is 20.1 Å².